The van der Waals surface area contributed by atoms with Gasteiger partial charge in [0, 0.05) is 24.4 Å². The summed E-state index contributed by atoms with van der Waals surface area (Å²) in [5.41, 5.74) is 1.22. The molecule has 0 atom stereocenters. The Morgan fingerprint density at radius 1 is 1.36 bits per heavy atom. The van der Waals surface area contributed by atoms with Gasteiger partial charge in [0.05, 0.1) is 17.0 Å². The first-order valence-electron chi connectivity index (χ1n) is 7.72. The van der Waals surface area contributed by atoms with Crippen LogP contribution >= 0.6 is 11.3 Å². The third-order valence-corrected chi connectivity index (χ3v) is 4.29. The average molecular weight is 320 g/mol. The van der Waals surface area contributed by atoms with E-state index in [0.717, 1.165) is 37.7 Å². The molecule has 0 amide bonds. The SMILES string of the molecule is CCNC(=NCc1ccco1)NCCc1nc(CC)c(C)s1. The van der Waals surface area contributed by atoms with Crippen LogP contribution in [0, 0.1) is 6.92 Å². The highest BCUT2D eigenvalue weighted by Crippen LogP contribution is 2.17. The van der Waals surface area contributed by atoms with E-state index in [4.69, 9.17) is 4.42 Å². The summed E-state index contributed by atoms with van der Waals surface area (Å²) >= 11 is 1.79. The van der Waals surface area contributed by atoms with Crippen LogP contribution < -0.4 is 10.6 Å². The number of nitrogens with zero attached hydrogens (tertiary/aromatic N) is 2. The van der Waals surface area contributed by atoms with Gasteiger partial charge in [0.2, 0.25) is 0 Å². The van der Waals surface area contributed by atoms with Crippen LogP contribution in [0.2, 0.25) is 0 Å². The molecule has 0 spiro atoms. The van der Waals surface area contributed by atoms with Crippen molar-refractivity contribution in [3.8, 4) is 0 Å². The zero-order chi connectivity index (χ0) is 15.8. The topological polar surface area (TPSA) is 62.5 Å². The standard InChI is InChI=1S/C16H24N4OS/c1-4-14-12(3)22-15(20-14)8-9-18-16(17-5-2)19-11-13-7-6-10-21-13/h6-7,10H,4-5,8-9,11H2,1-3H3,(H2,17,18,19). The van der Waals surface area contributed by atoms with E-state index in [-0.39, 0.29) is 0 Å². The van der Waals surface area contributed by atoms with Gasteiger partial charge in [-0.05, 0) is 32.4 Å². The summed E-state index contributed by atoms with van der Waals surface area (Å²) in [6.45, 7) is 8.54. The molecule has 0 saturated carbocycles. The first-order valence-corrected chi connectivity index (χ1v) is 8.54. The van der Waals surface area contributed by atoms with Crippen molar-refractivity contribution in [3.05, 3.63) is 39.7 Å². The summed E-state index contributed by atoms with van der Waals surface area (Å²) in [5.74, 6) is 1.67. The molecule has 2 N–H and O–H groups in total. The Labute approximate surface area is 135 Å². The molecule has 6 heteroatoms. The van der Waals surface area contributed by atoms with Gasteiger partial charge in [-0.25, -0.2) is 9.98 Å². The number of rotatable bonds is 7. The fraction of sp³-hybridized carbons (Fsp3) is 0.500. The molecule has 0 saturated heterocycles. The zero-order valence-corrected chi connectivity index (χ0v) is 14.3. The second kappa shape index (κ2) is 8.58. The number of guanidine groups is 1. The molecule has 0 aromatic carbocycles. The van der Waals surface area contributed by atoms with Gasteiger partial charge >= 0.3 is 0 Å². The van der Waals surface area contributed by atoms with Gasteiger partial charge in [0.25, 0.3) is 0 Å². The number of hydrogen-bond acceptors (Lipinski definition) is 4. The molecule has 0 unspecified atom stereocenters. The van der Waals surface area contributed by atoms with Crippen molar-refractivity contribution in [1.29, 1.82) is 0 Å². The summed E-state index contributed by atoms with van der Waals surface area (Å²) in [5, 5.41) is 7.77. The molecule has 0 aliphatic carbocycles. The second-order valence-corrected chi connectivity index (χ2v) is 6.20. The lowest BCUT2D eigenvalue weighted by Crippen LogP contribution is -2.38. The van der Waals surface area contributed by atoms with Crippen molar-refractivity contribution >= 4 is 17.3 Å². The molecule has 2 aromatic heterocycles. The van der Waals surface area contributed by atoms with Crippen molar-refractivity contribution in [2.45, 2.75) is 40.2 Å². The van der Waals surface area contributed by atoms with E-state index in [1.54, 1.807) is 17.6 Å². The lowest BCUT2D eigenvalue weighted by atomic mass is 10.3. The summed E-state index contributed by atoms with van der Waals surface area (Å²) in [7, 11) is 0. The molecule has 22 heavy (non-hydrogen) atoms. The number of nitrogens with one attached hydrogen (secondary N) is 2. The van der Waals surface area contributed by atoms with E-state index in [0.29, 0.717) is 6.54 Å². The van der Waals surface area contributed by atoms with E-state index in [9.17, 15) is 0 Å². The van der Waals surface area contributed by atoms with Gasteiger partial charge in [-0.3, -0.25) is 0 Å². The second-order valence-electron chi connectivity index (χ2n) is 4.92. The number of furan rings is 1. The number of thiazole rings is 1. The van der Waals surface area contributed by atoms with Gasteiger partial charge in [0.1, 0.15) is 12.3 Å². The summed E-state index contributed by atoms with van der Waals surface area (Å²) in [4.78, 5) is 10.5. The van der Waals surface area contributed by atoms with Crippen molar-refractivity contribution in [2.24, 2.45) is 4.99 Å². The molecule has 0 aliphatic rings. The highest BCUT2D eigenvalue weighted by atomic mass is 32.1. The van der Waals surface area contributed by atoms with Crippen LogP contribution in [0.1, 0.15) is 35.2 Å². The molecule has 120 valence electrons. The van der Waals surface area contributed by atoms with Crippen LogP contribution in [0.5, 0.6) is 0 Å². The maximum atomic E-state index is 5.29. The van der Waals surface area contributed by atoms with E-state index < -0.39 is 0 Å². The lowest BCUT2D eigenvalue weighted by Gasteiger charge is -2.10. The molecular weight excluding hydrogens is 296 g/mol. The number of aliphatic imine (C=N–C) groups is 1. The molecule has 2 rings (SSSR count). The minimum atomic E-state index is 0.540. The fourth-order valence-electron chi connectivity index (χ4n) is 2.11. The van der Waals surface area contributed by atoms with Gasteiger partial charge in [-0.15, -0.1) is 11.3 Å². The Morgan fingerprint density at radius 3 is 2.86 bits per heavy atom. The summed E-state index contributed by atoms with van der Waals surface area (Å²) < 4.78 is 5.29. The first kappa shape index (κ1) is 16.5. The van der Waals surface area contributed by atoms with Crippen molar-refractivity contribution in [1.82, 2.24) is 15.6 Å². The van der Waals surface area contributed by atoms with Crippen molar-refractivity contribution < 1.29 is 4.42 Å². The van der Waals surface area contributed by atoms with Crippen LogP contribution in [0.25, 0.3) is 0 Å². The Kier molecular flexibility index (Phi) is 6.45. The predicted molar refractivity (Wildman–Crippen MR) is 91.5 cm³/mol. The van der Waals surface area contributed by atoms with Gasteiger partial charge < -0.3 is 15.1 Å². The number of hydrogen-bond donors (Lipinski definition) is 2. The van der Waals surface area contributed by atoms with Crippen LogP contribution in [0.4, 0.5) is 0 Å². The normalized spacial score (nSPS) is 11.7. The van der Waals surface area contributed by atoms with Crippen molar-refractivity contribution in [2.75, 3.05) is 13.1 Å². The molecular formula is C16H24N4OS. The maximum Gasteiger partial charge on any atom is 0.191 e. The number of aryl methyl sites for hydroxylation is 2. The molecule has 5 nitrogen and oxygen atoms in total. The van der Waals surface area contributed by atoms with E-state index in [1.165, 1.54) is 15.6 Å². The zero-order valence-electron chi connectivity index (χ0n) is 13.5. The minimum Gasteiger partial charge on any atom is -0.467 e. The monoisotopic (exact) mass is 320 g/mol. The Hall–Kier alpha value is -1.82. The minimum absolute atomic E-state index is 0.540. The lowest BCUT2D eigenvalue weighted by molar-refractivity contribution is 0.512. The van der Waals surface area contributed by atoms with Gasteiger partial charge in [0.15, 0.2) is 5.96 Å². The van der Waals surface area contributed by atoms with Gasteiger partial charge in [-0.1, -0.05) is 6.92 Å². The van der Waals surface area contributed by atoms with E-state index in [1.807, 2.05) is 12.1 Å². The molecule has 0 fully saturated rings. The molecule has 0 bridgehead atoms. The van der Waals surface area contributed by atoms with E-state index in [2.05, 4.69) is 41.4 Å². The molecule has 0 aliphatic heterocycles. The highest BCUT2D eigenvalue weighted by Gasteiger charge is 2.06. The largest absolute Gasteiger partial charge is 0.467 e. The molecule has 0 radical (unpaired) electrons. The third-order valence-electron chi connectivity index (χ3n) is 3.22. The third kappa shape index (κ3) is 4.87. The Bertz CT molecular complexity index is 589. The first-order chi connectivity index (χ1) is 10.7. The predicted octanol–water partition coefficient (Wildman–Crippen LogP) is 2.90. The smallest absolute Gasteiger partial charge is 0.191 e. The van der Waals surface area contributed by atoms with Crippen LogP contribution in [-0.4, -0.2) is 24.0 Å². The number of aromatic nitrogens is 1. The quantitative estimate of drug-likeness (QED) is 0.608. The van der Waals surface area contributed by atoms with Crippen LogP contribution in [0.3, 0.4) is 0 Å². The Balaban J connectivity index is 1.84. The average Bonchev–Trinajstić information content (AvgIpc) is 3.14. The Morgan fingerprint density at radius 2 is 2.23 bits per heavy atom. The van der Waals surface area contributed by atoms with E-state index >= 15 is 0 Å². The summed E-state index contributed by atoms with van der Waals surface area (Å²) in [6, 6.07) is 3.80. The highest BCUT2D eigenvalue weighted by molar-refractivity contribution is 7.11. The van der Waals surface area contributed by atoms with Gasteiger partial charge in [-0.2, -0.15) is 0 Å². The summed E-state index contributed by atoms with van der Waals surface area (Å²) in [6.07, 6.45) is 3.58. The van der Waals surface area contributed by atoms with Crippen LogP contribution in [0.15, 0.2) is 27.8 Å². The fourth-order valence-corrected chi connectivity index (χ4v) is 3.13. The van der Waals surface area contributed by atoms with Crippen molar-refractivity contribution in [3.63, 3.8) is 0 Å². The van der Waals surface area contributed by atoms with Crippen LogP contribution in [-0.2, 0) is 19.4 Å². The maximum absolute atomic E-state index is 5.29. The molecule has 2 heterocycles. The molecule has 2 aromatic rings.